The number of hydrogen-bond donors (Lipinski definition) is 0. The van der Waals surface area contributed by atoms with E-state index in [4.69, 9.17) is 4.74 Å². The summed E-state index contributed by atoms with van der Waals surface area (Å²) in [7, 11) is 3.79. The summed E-state index contributed by atoms with van der Waals surface area (Å²) in [5.41, 5.74) is 2.44. The van der Waals surface area contributed by atoms with Crippen molar-refractivity contribution in [2.75, 3.05) is 20.7 Å². The van der Waals surface area contributed by atoms with Crippen LogP contribution in [0.2, 0.25) is 0 Å². The van der Waals surface area contributed by atoms with Crippen molar-refractivity contribution in [3.63, 3.8) is 0 Å². The Morgan fingerprint density at radius 1 is 1.47 bits per heavy atom. The molecule has 15 heavy (non-hydrogen) atoms. The number of ether oxygens (including phenoxy) is 1. The van der Waals surface area contributed by atoms with Crippen LogP contribution < -0.4 is 4.74 Å². The lowest BCUT2D eigenvalue weighted by Crippen LogP contribution is -2.17. The van der Waals surface area contributed by atoms with Gasteiger partial charge in [-0.3, -0.25) is 0 Å². The molecule has 1 aromatic rings. The fourth-order valence-electron chi connectivity index (χ4n) is 1.44. The first-order valence-electron chi connectivity index (χ1n) is 5.19. The molecule has 0 fully saturated rings. The zero-order valence-corrected chi connectivity index (χ0v) is 9.79. The van der Waals surface area contributed by atoms with Gasteiger partial charge in [0.25, 0.3) is 0 Å². The van der Waals surface area contributed by atoms with Crippen LogP contribution in [0.25, 0.3) is 6.08 Å². The van der Waals surface area contributed by atoms with Gasteiger partial charge >= 0.3 is 0 Å². The van der Waals surface area contributed by atoms with E-state index < -0.39 is 0 Å². The normalized spacial score (nSPS) is 10.4. The quantitative estimate of drug-likeness (QED) is 0.733. The van der Waals surface area contributed by atoms with Gasteiger partial charge in [-0.15, -0.1) is 0 Å². The van der Waals surface area contributed by atoms with Gasteiger partial charge in [0.15, 0.2) is 0 Å². The van der Waals surface area contributed by atoms with Crippen molar-refractivity contribution in [2.45, 2.75) is 13.5 Å². The van der Waals surface area contributed by atoms with Crippen LogP contribution in [0.3, 0.4) is 0 Å². The van der Waals surface area contributed by atoms with Gasteiger partial charge in [0.2, 0.25) is 0 Å². The Balaban J connectivity index is 2.92. The molecule has 0 bridgehead atoms. The van der Waals surface area contributed by atoms with Crippen molar-refractivity contribution in [2.24, 2.45) is 0 Å². The zero-order chi connectivity index (χ0) is 11.3. The maximum absolute atomic E-state index is 5.18. The van der Waals surface area contributed by atoms with E-state index in [-0.39, 0.29) is 0 Å². The van der Waals surface area contributed by atoms with Gasteiger partial charge < -0.3 is 9.64 Å². The third-order valence-electron chi connectivity index (χ3n) is 2.55. The second-order valence-electron chi connectivity index (χ2n) is 3.60. The Kier molecular flexibility index (Phi) is 4.37. The molecule has 0 aliphatic heterocycles. The number of rotatable bonds is 5. The summed E-state index contributed by atoms with van der Waals surface area (Å²) in [5, 5.41) is 0. The lowest BCUT2D eigenvalue weighted by Gasteiger charge is -2.16. The largest absolute Gasteiger partial charge is 0.497 e. The summed E-state index contributed by atoms with van der Waals surface area (Å²) >= 11 is 0. The molecule has 0 aliphatic rings. The third kappa shape index (κ3) is 3.10. The van der Waals surface area contributed by atoms with E-state index in [0.717, 1.165) is 24.4 Å². The summed E-state index contributed by atoms with van der Waals surface area (Å²) in [6, 6.07) is 6.11. The Morgan fingerprint density at radius 2 is 2.20 bits per heavy atom. The zero-order valence-electron chi connectivity index (χ0n) is 9.79. The fraction of sp³-hybridized carbons (Fsp3) is 0.385. The fourth-order valence-corrected chi connectivity index (χ4v) is 1.44. The van der Waals surface area contributed by atoms with E-state index in [1.807, 2.05) is 18.2 Å². The monoisotopic (exact) mass is 205 g/mol. The van der Waals surface area contributed by atoms with E-state index in [9.17, 15) is 0 Å². The summed E-state index contributed by atoms with van der Waals surface area (Å²) in [6.07, 6.45) is 1.88. The summed E-state index contributed by atoms with van der Waals surface area (Å²) in [6.45, 7) is 7.97. The molecule has 1 rings (SSSR count). The van der Waals surface area contributed by atoms with E-state index in [2.05, 4.69) is 31.5 Å². The van der Waals surface area contributed by atoms with Crippen molar-refractivity contribution in [3.8, 4) is 5.75 Å². The minimum Gasteiger partial charge on any atom is -0.497 e. The second-order valence-corrected chi connectivity index (χ2v) is 3.60. The van der Waals surface area contributed by atoms with Crippen LogP contribution in [0.15, 0.2) is 24.8 Å². The maximum atomic E-state index is 5.18. The van der Waals surface area contributed by atoms with Crippen molar-refractivity contribution in [1.29, 1.82) is 0 Å². The predicted octanol–water partition coefficient (Wildman–Crippen LogP) is 2.79. The van der Waals surface area contributed by atoms with Gasteiger partial charge in [-0.25, -0.2) is 0 Å². The summed E-state index contributed by atoms with van der Waals surface area (Å²) in [4.78, 5) is 2.26. The van der Waals surface area contributed by atoms with Crippen molar-refractivity contribution >= 4 is 6.08 Å². The summed E-state index contributed by atoms with van der Waals surface area (Å²) < 4.78 is 5.18. The van der Waals surface area contributed by atoms with Gasteiger partial charge in [-0.05, 0) is 36.9 Å². The molecule has 0 saturated carbocycles. The van der Waals surface area contributed by atoms with Gasteiger partial charge in [-0.1, -0.05) is 25.6 Å². The minimum atomic E-state index is 0.882. The number of nitrogens with zero attached hydrogens (tertiary/aromatic N) is 1. The van der Waals surface area contributed by atoms with E-state index in [1.54, 1.807) is 7.11 Å². The molecule has 0 unspecified atom stereocenters. The standard InChI is InChI=1S/C13H19NO/c1-5-11-9-13(15-4)8-7-12(11)10-14(3)6-2/h5,7-9H,1,6,10H2,2-4H3. The average molecular weight is 205 g/mol. The molecule has 0 aromatic heterocycles. The Morgan fingerprint density at radius 3 is 2.73 bits per heavy atom. The van der Waals surface area contributed by atoms with Gasteiger partial charge in [0, 0.05) is 6.54 Å². The highest BCUT2D eigenvalue weighted by Crippen LogP contribution is 2.19. The summed E-state index contributed by atoms with van der Waals surface area (Å²) in [5.74, 6) is 0.882. The molecule has 0 amide bonds. The van der Waals surface area contributed by atoms with Gasteiger partial charge in [0.1, 0.15) is 5.75 Å². The van der Waals surface area contributed by atoms with Crippen LogP contribution in [0, 0.1) is 0 Å². The first-order valence-corrected chi connectivity index (χ1v) is 5.19. The van der Waals surface area contributed by atoms with Crippen molar-refractivity contribution in [1.82, 2.24) is 4.90 Å². The van der Waals surface area contributed by atoms with Crippen LogP contribution in [0.1, 0.15) is 18.1 Å². The van der Waals surface area contributed by atoms with Crippen molar-refractivity contribution in [3.05, 3.63) is 35.9 Å². The van der Waals surface area contributed by atoms with Gasteiger partial charge in [-0.2, -0.15) is 0 Å². The highest BCUT2D eigenvalue weighted by molar-refractivity contribution is 5.54. The lowest BCUT2D eigenvalue weighted by molar-refractivity contribution is 0.345. The third-order valence-corrected chi connectivity index (χ3v) is 2.55. The molecule has 1 aromatic carbocycles. The van der Waals surface area contributed by atoms with Crippen LogP contribution >= 0.6 is 0 Å². The molecule has 0 aliphatic carbocycles. The molecular weight excluding hydrogens is 186 g/mol. The van der Waals surface area contributed by atoms with Crippen molar-refractivity contribution < 1.29 is 4.74 Å². The van der Waals surface area contributed by atoms with E-state index in [1.165, 1.54) is 5.56 Å². The highest BCUT2D eigenvalue weighted by Gasteiger charge is 2.03. The lowest BCUT2D eigenvalue weighted by atomic mass is 10.1. The highest BCUT2D eigenvalue weighted by atomic mass is 16.5. The topological polar surface area (TPSA) is 12.5 Å². The Bertz CT molecular complexity index is 333. The molecule has 2 heteroatoms. The molecule has 0 spiro atoms. The molecule has 82 valence electrons. The Hall–Kier alpha value is -1.28. The first kappa shape index (κ1) is 11.8. The Labute approximate surface area is 92.2 Å². The van der Waals surface area contributed by atoms with Crippen LogP contribution in [0.5, 0.6) is 5.75 Å². The van der Waals surface area contributed by atoms with Crippen LogP contribution in [-0.4, -0.2) is 25.6 Å². The predicted molar refractivity (Wildman–Crippen MR) is 65.1 cm³/mol. The van der Waals surface area contributed by atoms with Gasteiger partial charge in [0.05, 0.1) is 7.11 Å². The van der Waals surface area contributed by atoms with Crippen LogP contribution in [0.4, 0.5) is 0 Å². The molecule has 0 N–H and O–H groups in total. The molecular formula is C13H19NO. The molecule has 0 heterocycles. The molecule has 0 saturated heterocycles. The number of hydrogen-bond acceptors (Lipinski definition) is 2. The minimum absolute atomic E-state index is 0.882. The maximum Gasteiger partial charge on any atom is 0.119 e. The molecule has 0 radical (unpaired) electrons. The first-order chi connectivity index (χ1) is 7.21. The van der Waals surface area contributed by atoms with E-state index >= 15 is 0 Å². The average Bonchev–Trinajstić information content (AvgIpc) is 2.29. The van der Waals surface area contributed by atoms with Crippen LogP contribution in [-0.2, 0) is 6.54 Å². The molecule has 0 atom stereocenters. The number of benzene rings is 1. The number of methoxy groups -OCH3 is 1. The SMILES string of the molecule is C=Cc1cc(OC)ccc1CN(C)CC. The molecule has 2 nitrogen and oxygen atoms in total. The smallest absolute Gasteiger partial charge is 0.119 e. The van der Waals surface area contributed by atoms with E-state index in [0.29, 0.717) is 0 Å². The second kappa shape index (κ2) is 5.56.